The normalized spacial score (nSPS) is 12.8. The molecule has 0 fully saturated rings. The highest BCUT2D eigenvalue weighted by Gasteiger charge is 2.30. The predicted molar refractivity (Wildman–Crippen MR) is 147 cm³/mol. The van der Waals surface area contributed by atoms with E-state index in [-0.39, 0.29) is 24.3 Å². The van der Waals surface area contributed by atoms with E-state index in [2.05, 4.69) is 15.2 Å². The lowest BCUT2D eigenvalue weighted by Crippen LogP contribution is -2.48. The summed E-state index contributed by atoms with van der Waals surface area (Å²) in [6.07, 6.45) is 0.655. The topological polar surface area (TPSA) is 128 Å². The van der Waals surface area contributed by atoms with Crippen molar-refractivity contribution < 1.29 is 41.8 Å². The fourth-order valence-corrected chi connectivity index (χ4v) is 4.51. The lowest BCUT2D eigenvalue weighted by molar-refractivity contribution is -0.140. The summed E-state index contributed by atoms with van der Waals surface area (Å²) in [7, 11) is 0. The van der Waals surface area contributed by atoms with Crippen LogP contribution in [0.25, 0.3) is 0 Å². The van der Waals surface area contributed by atoms with Crippen LogP contribution < -0.4 is 15.6 Å². The molecule has 1 amide bonds. The number of nitrogens with zero attached hydrogens (tertiary/aromatic N) is 2. The third-order valence-electron chi connectivity index (χ3n) is 6.65. The lowest BCUT2D eigenvalue weighted by Gasteiger charge is -2.23. The summed E-state index contributed by atoms with van der Waals surface area (Å²) in [5.41, 5.74) is 1.50. The van der Waals surface area contributed by atoms with E-state index in [0.29, 0.717) is 5.56 Å². The Morgan fingerprint density at radius 1 is 1.02 bits per heavy atom. The van der Waals surface area contributed by atoms with Gasteiger partial charge in [0.2, 0.25) is 17.5 Å². The molecular formula is C30H31F4N3O6. The highest BCUT2D eigenvalue weighted by atomic mass is 19.2. The van der Waals surface area contributed by atoms with Crippen LogP contribution in [0, 0.1) is 23.3 Å². The Labute approximate surface area is 244 Å². The maximum absolute atomic E-state index is 13.9. The number of aliphatic carboxylic acids is 1. The van der Waals surface area contributed by atoms with Gasteiger partial charge in [0, 0.05) is 24.2 Å². The molecule has 1 unspecified atom stereocenters. The molecule has 1 heterocycles. The van der Waals surface area contributed by atoms with Gasteiger partial charge in [0.1, 0.15) is 18.7 Å². The molecule has 43 heavy (non-hydrogen) atoms. The number of carboxylic acid groups (broad SMARTS) is 1. The van der Waals surface area contributed by atoms with Crippen molar-refractivity contribution in [3.8, 4) is 5.75 Å². The number of carboxylic acids is 1. The van der Waals surface area contributed by atoms with Crippen LogP contribution in [-0.4, -0.2) is 45.2 Å². The van der Waals surface area contributed by atoms with Crippen molar-refractivity contribution in [3.63, 3.8) is 0 Å². The van der Waals surface area contributed by atoms with E-state index in [9.17, 15) is 41.8 Å². The molecule has 0 aliphatic carbocycles. The molecule has 0 spiro atoms. The lowest BCUT2D eigenvalue weighted by atomic mass is 9.82. The fraction of sp³-hybridized carbons (Fsp3) is 0.367. The van der Waals surface area contributed by atoms with E-state index in [4.69, 9.17) is 0 Å². The number of rotatable bonds is 12. The van der Waals surface area contributed by atoms with Gasteiger partial charge in [0.05, 0.1) is 6.42 Å². The van der Waals surface area contributed by atoms with Gasteiger partial charge in [-0.3, -0.25) is 19.2 Å². The largest absolute Gasteiger partial charge is 0.481 e. The average molecular weight is 606 g/mol. The third-order valence-corrected chi connectivity index (χ3v) is 6.65. The van der Waals surface area contributed by atoms with Crippen LogP contribution in [0.5, 0.6) is 5.75 Å². The molecule has 0 saturated carbocycles. The molecular weight excluding hydrogens is 574 g/mol. The number of ether oxygens (including phenoxy) is 1. The first-order valence-corrected chi connectivity index (χ1v) is 13.3. The Hall–Kier alpha value is -4.55. The van der Waals surface area contributed by atoms with E-state index in [1.165, 1.54) is 12.3 Å². The van der Waals surface area contributed by atoms with Gasteiger partial charge in [0.15, 0.2) is 23.2 Å². The molecule has 3 aromatic rings. The molecule has 2 N–H and O–H groups in total. The number of nitrogens with one attached hydrogen (secondary N) is 1. The molecule has 2 aromatic carbocycles. The van der Waals surface area contributed by atoms with Gasteiger partial charge in [-0.25, -0.2) is 13.5 Å². The summed E-state index contributed by atoms with van der Waals surface area (Å²) < 4.78 is 60.4. The van der Waals surface area contributed by atoms with Crippen molar-refractivity contribution in [2.75, 3.05) is 6.61 Å². The molecule has 0 bridgehead atoms. The smallest absolute Gasteiger partial charge is 0.305 e. The van der Waals surface area contributed by atoms with E-state index in [0.717, 1.165) is 15.8 Å². The molecule has 9 nitrogen and oxygen atoms in total. The third kappa shape index (κ3) is 7.85. The highest BCUT2D eigenvalue weighted by molar-refractivity contribution is 5.93. The van der Waals surface area contributed by atoms with Gasteiger partial charge in [-0.1, -0.05) is 52.0 Å². The summed E-state index contributed by atoms with van der Waals surface area (Å²) in [6.45, 7) is 6.46. The van der Waals surface area contributed by atoms with Crippen LogP contribution in [0.4, 0.5) is 17.6 Å². The van der Waals surface area contributed by atoms with Crippen LogP contribution in [0.15, 0.2) is 47.4 Å². The number of hydrogen-bond donors (Lipinski definition) is 2. The molecule has 0 radical (unpaired) electrons. The number of ketones is 1. The van der Waals surface area contributed by atoms with Crippen LogP contribution >= 0.6 is 0 Å². The number of aromatic nitrogens is 2. The highest BCUT2D eigenvalue weighted by Crippen LogP contribution is 2.28. The van der Waals surface area contributed by atoms with E-state index in [1.54, 1.807) is 6.92 Å². The molecule has 0 aliphatic rings. The van der Waals surface area contributed by atoms with Crippen molar-refractivity contribution in [3.05, 3.63) is 92.9 Å². The zero-order valence-corrected chi connectivity index (χ0v) is 23.9. The maximum Gasteiger partial charge on any atom is 0.305 e. The number of Topliss-reactive ketones (excluding diaryl/α,β-unsaturated/α-hetero) is 1. The zero-order chi connectivity index (χ0) is 32.1. The van der Waals surface area contributed by atoms with Gasteiger partial charge >= 0.3 is 5.97 Å². The van der Waals surface area contributed by atoms with Gasteiger partial charge in [-0.2, -0.15) is 13.9 Å². The summed E-state index contributed by atoms with van der Waals surface area (Å²) in [6, 6.07) is 6.06. The van der Waals surface area contributed by atoms with Crippen LogP contribution in [-0.2, 0) is 26.2 Å². The average Bonchev–Trinajstić information content (AvgIpc) is 2.93. The van der Waals surface area contributed by atoms with Crippen molar-refractivity contribution in [2.24, 2.45) is 0 Å². The molecule has 3 rings (SSSR count). The Bertz CT molecular complexity index is 1560. The van der Waals surface area contributed by atoms with Crippen molar-refractivity contribution in [1.29, 1.82) is 0 Å². The second kappa shape index (κ2) is 13.6. The summed E-state index contributed by atoms with van der Waals surface area (Å²) >= 11 is 0. The van der Waals surface area contributed by atoms with E-state index >= 15 is 0 Å². The molecule has 2 atom stereocenters. The molecule has 0 saturated heterocycles. The Morgan fingerprint density at radius 3 is 2.23 bits per heavy atom. The standard InChI is InChI=1S/C30H31F4N3O6/c1-5-22(37-29(42)17(10-11-35-37)12-16-8-6-7-9-18(16)30(2,3)4)28(41)36-21(14-24(39)40)23(38)15-43-27-25(33)19(31)13-20(32)26(27)34/h6-11,13,21-22H,5,12,14-15H2,1-4H3,(H,36,41)(H,39,40)/t21?,22-/m0/s1. The number of hydrogen-bond acceptors (Lipinski definition) is 6. The summed E-state index contributed by atoms with van der Waals surface area (Å²) in [4.78, 5) is 50.8. The monoisotopic (exact) mass is 605 g/mol. The first-order chi connectivity index (χ1) is 20.1. The van der Waals surface area contributed by atoms with Crippen molar-refractivity contribution in [1.82, 2.24) is 15.1 Å². The maximum atomic E-state index is 13.9. The minimum Gasteiger partial charge on any atom is -0.481 e. The molecule has 230 valence electrons. The first kappa shape index (κ1) is 33.0. The summed E-state index contributed by atoms with van der Waals surface area (Å²) in [5, 5.41) is 15.5. The van der Waals surface area contributed by atoms with E-state index in [1.807, 2.05) is 45.0 Å². The molecule has 13 heteroatoms. The minimum atomic E-state index is -1.90. The van der Waals surface area contributed by atoms with Crippen LogP contribution in [0.3, 0.4) is 0 Å². The Morgan fingerprint density at radius 2 is 1.65 bits per heavy atom. The number of halogens is 4. The second-order valence-corrected chi connectivity index (χ2v) is 10.8. The first-order valence-electron chi connectivity index (χ1n) is 13.3. The van der Waals surface area contributed by atoms with Crippen LogP contribution in [0.2, 0.25) is 0 Å². The number of carbonyl (C=O) groups is 3. The quantitative estimate of drug-likeness (QED) is 0.234. The van der Waals surface area contributed by atoms with Gasteiger partial charge < -0.3 is 15.2 Å². The van der Waals surface area contributed by atoms with Gasteiger partial charge in [0.25, 0.3) is 5.56 Å². The minimum absolute atomic E-state index is 0.0181. The Balaban J connectivity index is 1.84. The number of benzene rings is 2. The molecule has 1 aromatic heterocycles. The van der Waals surface area contributed by atoms with Crippen molar-refractivity contribution >= 4 is 17.7 Å². The number of amides is 1. The Kier molecular flexibility index (Phi) is 10.4. The predicted octanol–water partition coefficient (Wildman–Crippen LogP) is 4.25. The zero-order valence-electron chi connectivity index (χ0n) is 23.9. The fourth-order valence-electron chi connectivity index (χ4n) is 4.51. The van der Waals surface area contributed by atoms with E-state index < -0.39 is 77.3 Å². The SMILES string of the molecule is CC[C@@H](C(=O)NC(CC(=O)O)C(=O)COc1c(F)c(F)cc(F)c1F)n1nccc(Cc2ccccc2C(C)(C)C)c1=O. The second-order valence-electron chi connectivity index (χ2n) is 10.8. The van der Waals surface area contributed by atoms with Crippen molar-refractivity contribution in [2.45, 2.75) is 64.5 Å². The van der Waals surface area contributed by atoms with Gasteiger partial charge in [-0.05, 0) is 29.0 Å². The van der Waals surface area contributed by atoms with Gasteiger partial charge in [-0.15, -0.1) is 0 Å². The van der Waals surface area contributed by atoms with Crippen LogP contribution in [0.1, 0.15) is 63.3 Å². The number of carbonyl (C=O) groups excluding carboxylic acids is 2. The molecule has 0 aliphatic heterocycles. The summed E-state index contributed by atoms with van der Waals surface area (Å²) in [5.74, 6) is -12.5.